The maximum absolute atomic E-state index is 12.5. The topological polar surface area (TPSA) is 91.3 Å². The van der Waals surface area contributed by atoms with Crippen molar-refractivity contribution in [1.82, 2.24) is 0 Å². The van der Waals surface area contributed by atoms with Gasteiger partial charge in [0.15, 0.2) is 0 Å². The third kappa shape index (κ3) is 34.8. The van der Waals surface area contributed by atoms with Crippen molar-refractivity contribution in [2.45, 2.75) is 180 Å². The molecule has 0 saturated carbocycles. The Bertz CT molecular complexity index is 716. The Hall–Kier alpha value is -0.500. The minimum absolute atomic E-state index is 0.0931. The number of nitrogens with zero attached hydrogens (tertiary/aromatic N) is 1. The van der Waals surface area contributed by atoms with E-state index in [2.05, 4.69) is 13.8 Å². The van der Waals surface area contributed by atoms with Gasteiger partial charge >= 0.3 is 13.8 Å². The third-order valence-electron chi connectivity index (χ3n) is 8.42. The number of esters is 1. The van der Waals surface area contributed by atoms with Gasteiger partial charge in [0.05, 0.1) is 34.4 Å². The fourth-order valence-electron chi connectivity index (χ4n) is 5.38. The summed E-state index contributed by atoms with van der Waals surface area (Å²) < 4.78 is 34.7. The number of hydrogen-bond acceptors (Lipinski definition) is 6. The van der Waals surface area contributed by atoms with Gasteiger partial charge in [-0.25, -0.2) is 4.57 Å². The van der Waals surface area contributed by atoms with Crippen LogP contribution in [0.15, 0.2) is 0 Å². The molecule has 0 saturated heterocycles. The lowest BCUT2D eigenvalue weighted by Gasteiger charge is -2.24. The number of rotatable bonds is 36. The lowest BCUT2D eigenvalue weighted by molar-refractivity contribution is -0.870. The predicted molar refractivity (Wildman–Crippen MR) is 192 cm³/mol. The SMILES string of the molecule is CCCCCCCCCCCCCCCCCCCOCC(COP(=O)(O)OCC[N+](C)(C)C)OC(=O)CCCCCCCCC. The van der Waals surface area contributed by atoms with Crippen molar-refractivity contribution >= 4 is 13.8 Å². The van der Waals surface area contributed by atoms with E-state index in [0.29, 0.717) is 24.1 Å². The number of quaternary nitrogens is 1. The van der Waals surface area contributed by atoms with E-state index in [0.717, 1.165) is 32.1 Å². The summed E-state index contributed by atoms with van der Waals surface area (Å²) in [6, 6.07) is 0. The Labute approximate surface area is 285 Å². The number of hydrogen-bond donors (Lipinski definition) is 1. The summed E-state index contributed by atoms with van der Waals surface area (Å²) in [7, 11) is 1.68. The highest BCUT2D eigenvalue weighted by molar-refractivity contribution is 7.47. The van der Waals surface area contributed by atoms with Crippen LogP contribution in [0.2, 0.25) is 0 Å². The molecule has 0 aromatic heterocycles. The molecule has 0 amide bonds. The number of ether oxygens (including phenoxy) is 2. The van der Waals surface area contributed by atoms with Crippen molar-refractivity contribution in [2.24, 2.45) is 0 Å². The van der Waals surface area contributed by atoms with E-state index in [1.165, 1.54) is 122 Å². The van der Waals surface area contributed by atoms with Gasteiger partial charge in [0.1, 0.15) is 19.3 Å². The van der Waals surface area contributed by atoms with Crippen LogP contribution >= 0.6 is 7.82 Å². The first-order chi connectivity index (χ1) is 22.1. The Balaban J connectivity index is 4.12. The van der Waals surface area contributed by atoms with Crippen LogP contribution in [0.4, 0.5) is 0 Å². The summed E-state index contributed by atoms with van der Waals surface area (Å²) in [5.74, 6) is -0.317. The molecule has 0 rings (SSSR count). The van der Waals surface area contributed by atoms with Gasteiger partial charge in [0, 0.05) is 13.0 Å². The molecule has 0 aliphatic heterocycles. The van der Waals surface area contributed by atoms with E-state index in [9.17, 15) is 14.3 Å². The zero-order valence-electron chi connectivity index (χ0n) is 31.1. The molecule has 0 fully saturated rings. The average Bonchev–Trinajstić information content (AvgIpc) is 2.99. The van der Waals surface area contributed by atoms with Crippen molar-refractivity contribution in [3.8, 4) is 0 Å². The maximum atomic E-state index is 12.5. The summed E-state index contributed by atoms with van der Waals surface area (Å²) in [6.07, 6.45) is 30.0. The molecule has 46 heavy (non-hydrogen) atoms. The van der Waals surface area contributed by atoms with Crippen molar-refractivity contribution in [3.05, 3.63) is 0 Å². The molecule has 0 bridgehead atoms. The Morgan fingerprint density at radius 2 is 1.00 bits per heavy atom. The highest BCUT2D eigenvalue weighted by Crippen LogP contribution is 2.43. The Morgan fingerprint density at radius 3 is 1.43 bits per heavy atom. The zero-order valence-corrected chi connectivity index (χ0v) is 32.0. The van der Waals surface area contributed by atoms with E-state index < -0.39 is 13.9 Å². The molecule has 9 heteroatoms. The fraction of sp³-hybridized carbons (Fsp3) is 0.973. The minimum atomic E-state index is -4.25. The fourth-order valence-corrected chi connectivity index (χ4v) is 6.12. The summed E-state index contributed by atoms with van der Waals surface area (Å²) >= 11 is 0. The van der Waals surface area contributed by atoms with Gasteiger partial charge in [-0.1, -0.05) is 155 Å². The van der Waals surface area contributed by atoms with Gasteiger partial charge in [-0.3, -0.25) is 13.8 Å². The molecule has 2 atom stereocenters. The van der Waals surface area contributed by atoms with Gasteiger partial charge in [0.25, 0.3) is 0 Å². The molecule has 8 nitrogen and oxygen atoms in total. The number of phosphoric acid groups is 1. The zero-order chi connectivity index (χ0) is 34.2. The van der Waals surface area contributed by atoms with Crippen LogP contribution in [0.3, 0.4) is 0 Å². The highest BCUT2D eigenvalue weighted by Gasteiger charge is 2.26. The van der Waals surface area contributed by atoms with E-state index in [-0.39, 0.29) is 25.8 Å². The molecular formula is C37H77NO7P+. The van der Waals surface area contributed by atoms with Crippen LogP contribution in [-0.2, 0) is 27.9 Å². The second-order valence-corrected chi connectivity index (χ2v) is 15.8. The number of unbranched alkanes of at least 4 members (excludes halogenated alkanes) is 22. The molecule has 0 heterocycles. The van der Waals surface area contributed by atoms with Crippen molar-refractivity contribution < 1.29 is 37.3 Å². The van der Waals surface area contributed by atoms with Crippen LogP contribution in [0.5, 0.6) is 0 Å². The molecule has 1 N–H and O–H groups in total. The number of carbonyl (C=O) groups is 1. The maximum Gasteiger partial charge on any atom is 0.472 e. The standard InChI is InChI=1S/C37H76NO7P/c1-6-8-10-12-14-15-16-17-18-19-20-21-22-23-25-27-29-32-42-34-36(35-44-46(40,41)43-33-31-38(3,4)5)45-37(39)30-28-26-24-13-11-9-7-2/h36H,6-35H2,1-5H3/p+1. The van der Waals surface area contributed by atoms with E-state index in [1.54, 1.807) is 0 Å². The lowest BCUT2D eigenvalue weighted by atomic mass is 10.0. The van der Waals surface area contributed by atoms with Gasteiger partial charge in [-0.05, 0) is 12.8 Å². The summed E-state index contributed by atoms with van der Waals surface area (Å²) in [4.78, 5) is 22.6. The molecule has 0 spiro atoms. The molecule has 0 aliphatic rings. The average molecular weight is 679 g/mol. The van der Waals surface area contributed by atoms with E-state index in [4.69, 9.17) is 18.5 Å². The second kappa shape index (κ2) is 31.7. The van der Waals surface area contributed by atoms with Gasteiger partial charge in [0.2, 0.25) is 0 Å². The molecule has 0 aliphatic carbocycles. The molecule has 0 aromatic rings. The normalized spacial score (nSPS) is 14.0. The summed E-state index contributed by atoms with van der Waals surface area (Å²) in [5, 5.41) is 0. The summed E-state index contributed by atoms with van der Waals surface area (Å²) in [5.41, 5.74) is 0. The first-order valence-corrected chi connectivity index (χ1v) is 20.8. The number of phosphoric ester groups is 1. The van der Waals surface area contributed by atoms with Crippen LogP contribution in [0.1, 0.15) is 174 Å². The summed E-state index contributed by atoms with van der Waals surface area (Å²) in [6.45, 7) is 5.61. The van der Waals surface area contributed by atoms with Crippen LogP contribution in [-0.4, -0.2) is 75.6 Å². The van der Waals surface area contributed by atoms with E-state index >= 15 is 0 Å². The third-order valence-corrected chi connectivity index (χ3v) is 9.40. The molecule has 2 unspecified atom stereocenters. The lowest BCUT2D eigenvalue weighted by Crippen LogP contribution is -2.37. The molecule has 276 valence electrons. The highest BCUT2D eigenvalue weighted by atomic mass is 31.2. The minimum Gasteiger partial charge on any atom is -0.457 e. The predicted octanol–water partition coefficient (Wildman–Crippen LogP) is 10.5. The molecular weight excluding hydrogens is 601 g/mol. The quantitative estimate of drug-likeness (QED) is 0.0305. The molecule has 0 radical (unpaired) electrons. The first-order valence-electron chi connectivity index (χ1n) is 19.3. The molecule has 0 aromatic carbocycles. The van der Waals surface area contributed by atoms with Crippen molar-refractivity contribution in [2.75, 3.05) is 54.1 Å². The monoisotopic (exact) mass is 679 g/mol. The Kier molecular flexibility index (Phi) is 31.4. The second-order valence-electron chi connectivity index (χ2n) is 14.3. The van der Waals surface area contributed by atoms with Crippen LogP contribution in [0, 0.1) is 0 Å². The van der Waals surface area contributed by atoms with E-state index in [1.807, 2.05) is 21.1 Å². The van der Waals surface area contributed by atoms with Crippen LogP contribution < -0.4 is 0 Å². The van der Waals surface area contributed by atoms with Crippen molar-refractivity contribution in [1.29, 1.82) is 0 Å². The number of carbonyl (C=O) groups excluding carboxylic acids is 1. The van der Waals surface area contributed by atoms with Crippen LogP contribution in [0.25, 0.3) is 0 Å². The number of likely N-dealkylation sites (N-methyl/N-ethyl adjacent to an activating group) is 1. The Morgan fingerprint density at radius 1 is 0.587 bits per heavy atom. The smallest absolute Gasteiger partial charge is 0.457 e. The first kappa shape index (κ1) is 45.5. The van der Waals surface area contributed by atoms with Gasteiger partial charge < -0.3 is 18.9 Å². The van der Waals surface area contributed by atoms with Gasteiger partial charge in [-0.2, -0.15) is 0 Å². The largest absolute Gasteiger partial charge is 0.472 e. The van der Waals surface area contributed by atoms with Crippen molar-refractivity contribution in [3.63, 3.8) is 0 Å². The van der Waals surface area contributed by atoms with Gasteiger partial charge in [-0.15, -0.1) is 0 Å².